The van der Waals surface area contributed by atoms with Crippen LogP contribution < -0.4 is 4.74 Å². The maximum absolute atomic E-state index is 6.46. The Morgan fingerprint density at radius 2 is 1.53 bits per heavy atom. The SMILES string of the molecule is Cc1cc(C(C)C)c(-c2cnn(-c3[c-]c(Oc4[c-]c5c(cc4)c4ccccc4n5-c4cc(CCC(C)(C)C)ccn4)ccc3)c2)c(C(C)C)c1.[Pt+2]. The van der Waals surface area contributed by atoms with E-state index in [0.717, 1.165) is 51.7 Å². The number of hydrogen-bond donors (Lipinski definition) is 0. The molecule has 0 unspecified atom stereocenters. The molecule has 7 rings (SSSR count). The zero-order valence-corrected chi connectivity index (χ0v) is 33.1. The minimum absolute atomic E-state index is 0. The normalized spacial score (nSPS) is 11.9. The summed E-state index contributed by atoms with van der Waals surface area (Å²) in [4.78, 5) is 4.83. The first-order valence-corrected chi connectivity index (χ1v) is 17.8. The number of aromatic nitrogens is 4. The van der Waals surface area contributed by atoms with E-state index in [1.54, 1.807) is 0 Å². The number of hydrogen-bond acceptors (Lipinski definition) is 3. The predicted molar refractivity (Wildman–Crippen MR) is 206 cm³/mol. The number of ether oxygens (including phenoxy) is 1. The van der Waals surface area contributed by atoms with Crippen LogP contribution in [0.2, 0.25) is 0 Å². The molecule has 5 nitrogen and oxygen atoms in total. The molecule has 51 heavy (non-hydrogen) atoms. The van der Waals surface area contributed by atoms with Gasteiger partial charge in [0.05, 0.1) is 6.20 Å². The molecule has 0 spiro atoms. The Morgan fingerprint density at radius 3 is 2.25 bits per heavy atom. The predicted octanol–water partition coefficient (Wildman–Crippen LogP) is 12.0. The number of para-hydroxylation sites is 1. The van der Waals surface area contributed by atoms with Crippen molar-refractivity contribution in [1.29, 1.82) is 0 Å². The van der Waals surface area contributed by atoms with Gasteiger partial charge in [-0.15, -0.1) is 35.7 Å². The third-order valence-corrected chi connectivity index (χ3v) is 9.44. The summed E-state index contributed by atoms with van der Waals surface area (Å²) < 4.78 is 10.5. The van der Waals surface area contributed by atoms with Gasteiger partial charge in [-0.1, -0.05) is 89.9 Å². The first-order chi connectivity index (χ1) is 23.9. The van der Waals surface area contributed by atoms with E-state index in [4.69, 9.17) is 14.8 Å². The molecule has 0 amide bonds. The van der Waals surface area contributed by atoms with E-state index in [0.29, 0.717) is 23.3 Å². The minimum Gasteiger partial charge on any atom is -0.509 e. The first kappa shape index (κ1) is 36.3. The minimum atomic E-state index is 0. The van der Waals surface area contributed by atoms with Crippen LogP contribution in [0, 0.1) is 24.5 Å². The molecule has 0 aliphatic rings. The van der Waals surface area contributed by atoms with Crippen LogP contribution in [0.5, 0.6) is 11.5 Å². The van der Waals surface area contributed by atoms with Crippen molar-refractivity contribution in [3.8, 4) is 34.1 Å². The van der Waals surface area contributed by atoms with Gasteiger partial charge in [-0.05, 0) is 88.5 Å². The van der Waals surface area contributed by atoms with Crippen LogP contribution in [-0.4, -0.2) is 19.3 Å². The number of benzene rings is 4. The van der Waals surface area contributed by atoms with Gasteiger partial charge in [0.25, 0.3) is 0 Å². The average Bonchev–Trinajstić information content (AvgIpc) is 3.70. The topological polar surface area (TPSA) is 44.9 Å². The summed E-state index contributed by atoms with van der Waals surface area (Å²) in [5.74, 6) is 2.89. The van der Waals surface area contributed by atoms with Crippen LogP contribution in [-0.2, 0) is 27.5 Å². The molecule has 3 heterocycles. The van der Waals surface area contributed by atoms with Gasteiger partial charge >= 0.3 is 21.1 Å². The van der Waals surface area contributed by atoms with E-state index >= 15 is 0 Å². The van der Waals surface area contributed by atoms with Gasteiger partial charge in [-0.2, -0.15) is 17.2 Å². The van der Waals surface area contributed by atoms with E-state index in [2.05, 4.69) is 133 Å². The van der Waals surface area contributed by atoms with Crippen LogP contribution in [0.4, 0.5) is 0 Å². The Bertz CT molecular complexity index is 2290. The summed E-state index contributed by atoms with van der Waals surface area (Å²) in [6.07, 6.45) is 8.10. The fraction of sp³-hybridized carbons (Fsp3) is 0.289. The van der Waals surface area contributed by atoms with Crippen LogP contribution in [0.3, 0.4) is 0 Å². The molecule has 0 bridgehead atoms. The van der Waals surface area contributed by atoms with Crippen LogP contribution in [0.1, 0.15) is 89.0 Å². The molecule has 6 heteroatoms. The molecular formula is C45H46N4OPt. The third-order valence-electron chi connectivity index (χ3n) is 9.44. The fourth-order valence-corrected chi connectivity index (χ4v) is 6.85. The smallest absolute Gasteiger partial charge is 0.509 e. The summed E-state index contributed by atoms with van der Waals surface area (Å²) in [5.41, 5.74) is 10.8. The maximum Gasteiger partial charge on any atom is 2.00 e. The van der Waals surface area contributed by atoms with Gasteiger partial charge in [0.2, 0.25) is 0 Å². The zero-order valence-electron chi connectivity index (χ0n) is 30.8. The Hall–Kier alpha value is -4.47. The van der Waals surface area contributed by atoms with Gasteiger partial charge < -0.3 is 9.30 Å². The molecule has 0 atom stereocenters. The fourth-order valence-electron chi connectivity index (χ4n) is 6.85. The van der Waals surface area contributed by atoms with E-state index in [-0.39, 0.29) is 26.5 Å². The first-order valence-electron chi connectivity index (χ1n) is 17.8. The summed E-state index contributed by atoms with van der Waals surface area (Å²) in [6, 6.07) is 34.5. The van der Waals surface area contributed by atoms with Gasteiger partial charge in [0, 0.05) is 35.0 Å². The second kappa shape index (κ2) is 14.6. The summed E-state index contributed by atoms with van der Waals surface area (Å²) in [5, 5.41) is 7.05. The second-order valence-electron chi connectivity index (χ2n) is 15.3. The molecule has 0 aliphatic heterocycles. The Morgan fingerprint density at radius 1 is 0.804 bits per heavy atom. The summed E-state index contributed by atoms with van der Waals surface area (Å²) >= 11 is 0. The number of pyridine rings is 1. The van der Waals surface area contributed by atoms with Crippen molar-refractivity contribution in [2.24, 2.45) is 5.41 Å². The molecular weight excluding hydrogens is 808 g/mol. The van der Waals surface area contributed by atoms with Crippen molar-refractivity contribution in [3.63, 3.8) is 0 Å². The molecule has 0 saturated heterocycles. The largest absolute Gasteiger partial charge is 2.00 e. The van der Waals surface area contributed by atoms with E-state index < -0.39 is 0 Å². The van der Waals surface area contributed by atoms with Crippen molar-refractivity contribution >= 4 is 21.8 Å². The Balaban J connectivity index is 0.00000448. The number of rotatable bonds is 9. The van der Waals surface area contributed by atoms with E-state index in [1.807, 2.05) is 41.3 Å². The van der Waals surface area contributed by atoms with Gasteiger partial charge in [0.1, 0.15) is 5.82 Å². The van der Waals surface area contributed by atoms with Gasteiger partial charge in [-0.3, -0.25) is 4.68 Å². The van der Waals surface area contributed by atoms with Crippen molar-refractivity contribution in [1.82, 2.24) is 19.3 Å². The second-order valence-corrected chi connectivity index (χ2v) is 15.3. The molecule has 0 radical (unpaired) electrons. The number of aryl methyl sites for hydroxylation is 2. The van der Waals surface area contributed by atoms with E-state index in [1.165, 1.54) is 27.8 Å². The average molecular weight is 854 g/mol. The molecule has 3 aromatic heterocycles. The summed E-state index contributed by atoms with van der Waals surface area (Å²) in [7, 11) is 0. The Kier molecular flexibility index (Phi) is 10.4. The summed E-state index contributed by atoms with van der Waals surface area (Å²) in [6.45, 7) is 18.1. The Labute approximate surface area is 317 Å². The monoisotopic (exact) mass is 853 g/mol. The van der Waals surface area contributed by atoms with Crippen LogP contribution in [0.25, 0.3) is 44.4 Å². The van der Waals surface area contributed by atoms with Crippen molar-refractivity contribution in [2.45, 2.75) is 80.1 Å². The van der Waals surface area contributed by atoms with Gasteiger partial charge in [-0.25, -0.2) is 4.98 Å². The number of fused-ring (bicyclic) bond motifs is 3. The van der Waals surface area contributed by atoms with Crippen LogP contribution in [0.15, 0.2) is 97.5 Å². The zero-order chi connectivity index (χ0) is 35.2. The number of nitrogens with zero attached hydrogens (tertiary/aromatic N) is 4. The molecule has 0 aliphatic carbocycles. The maximum atomic E-state index is 6.46. The third kappa shape index (κ3) is 7.60. The molecule has 4 aromatic carbocycles. The molecule has 262 valence electrons. The molecule has 0 N–H and O–H groups in total. The molecule has 0 saturated carbocycles. The standard InChI is InChI=1S/C45H46N4O.Pt/c1-29(2)39-22-31(5)23-40(30(3)4)44(39)33-27-47-48(28-33)34-12-11-13-35(25-34)50-36-16-17-38-37-14-9-10-15-41(37)49(42(38)26-36)43-24-32(19-21-46-43)18-20-45(6,7)8;/h9-17,19,21-24,27-30H,18,20H2,1-8H3;/q-2;+2. The molecule has 0 fully saturated rings. The van der Waals surface area contributed by atoms with Crippen molar-refractivity contribution in [2.75, 3.05) is 0 Å². The van der Waals surface area contributed by atoms with E-state index in [9.17, 15) is 0 Å². The van der Waals surface area contributed by atoms with Gasteiger partial charge in [0.15, 0.2) is 0 Å². The van der Waals surface area contributed by atoms with Crippen LogP contribution >= 0.6 is 0 Å². The van der Waals surface area contributed by atoms with Crippen molar-refractivity contribution in [3.05, 3.63) is 132 Å². The van der Waals surface area contributed by atoms with Crippen molar-refractivity contribution < 1.29 is 25.8 Å². The molecule has 7 aromatic rings. The quantitative estimate of drug-likeness (QED) is 0.136.